The van der Waals surface area contributed by atoms with Crippen LogP contribution in [0.1, 0.15) is 20.3 Å². The molecule has 3 nitrogen and oxygen atoms in total. The Labute approximate surface area is 90.8 Å². The van der Waals surface area contributed by atoms with Gasteiger partial charge in [-0.1, -0.05) is 19.1 Å². The van der Waals surface area contributed by atoms with E-state index < -0.39 is 0 Å². The smallest absolute Gasteiger partial charge is 0.250 e. The van der Waals surface area contributed by atoms with Crippen LogP contribution in [0.3, 0.4) is 0 Å². The van der Waals surface area contributed by atoms with Crippen molar-refractivity contribution in [1.29, 1.82) is 5.26 Å². The summed E-state index contributed by atoms with van der Waals surface area (Å²) in [7, 11) is 1.58. The van der Waals surface area contributed by atoms with Gasteiger partial charge in [-0.15, -0.1) is 0 Å². The molecule has 0 saturated carbocycles. The molecule has 3 heteroatoms. The van der Waals surface area contributed by atoms with Crippen molar-refractivity contribution < 1.29 is 4.79 Å². The normalized spacial score (nSPS) is 12.7. The Bertz CT molecular complexity index is 343. The first kappa shape index (κ1) is 13.2. The zero-order valence-corrected chi connectivity index (χ0v) is 9.37. The minimum atomic E-state index is -0.138. The zero-order valence-electron chi connectivity index (χ0n) is 9.37. The van der Waals surface area contributed by atoms with Gasteiger partial charge in [0.1, 0.15) is 0 Å². The summed E-state index contributed by atoms with van der Waals surface area (Å²) >= 11 is 0. The Kier molecular flexibility index (Phi) is 6.65. The van der Waals surface area contributed by atoms with E-state index in [1.807, 2.05) is 19.1 Å². The second-order valence-electron chi connectivity index (χ2n) is 2.84. The van der Waals surface area contributed by atoms with E-state index in [2.05, 4.69) is 5.32 Å². The van der Waals surface area contributed by atoms with Gasteiger partial charge in [0, 0.05) is 18.2 Å². The van der Waals surface area contributed by atoms with Crippen LogP contribution in [0.4, 0.5) is 0 Å². The summed E-state index contributed by atoms with van der Waals surface area (Å²) in [5.41, 5.74) is 1.12. The number of hydrogen-bond acceptors (Lipinski definition) is 2. The van der Waals surface area contributed by atoms with E-state index in [0.717, 1.165) is 6.42 Å². The third kappa shape index (κ3) is 4.82. The van der Waals surface area contributed by atoms with Crippen LogP contribution in [-0.4, -0.2) is 13.0 Å². The van der Waals surface area contributed by atoms with E-state index in [-0.39, 0.29) is 5.91 Å². The molecule has 0 aromatic carbocycles. The number of nitrogens with one attached hydrogen (secondary N) is 1. The fourth-order valence-electron chi connectivity index (χ4n) is 0.978. The van der Waals surface area contributed by atoms with Crippen LogP contribution < -0.4 is 5.32 Å². The number of likely N-dealkylation sites (N-methyl/N-ethyl adjacent to an activating group) is 1. The van der Waals surface area contributed by atoms with E-state index in [1.54, 1.807) is 32.2 Å². The first-order valence-electron chi connectivity index (χ1n) is 4.86. The van der Waals surface area contributed by atoms with Gasteiger partial charge in [-0.05, 0) is 25.5 Å². The predicted molar refractivity (Wildman–Crippen MR) is 61.0 cm³/mol. The standard InChI is InChI=1S/C12H16N2O/c1-4-6-11(12(15)14-3)8-7-10(5-2)9-13/h5-8H,4H2,1-3H3,(H,14,15)/b8-7-,10-5+,11-6-. The number of nitriles is 1. The molecule has 0 aliphatic carbocycles. The highest BCUT2D eigenvalue weighted by Gasteiger charge is 2.01. The van der Waals surface area contributed by atoms with E-state index in [1.165, 1.54) is 0 Å². The van der Waals surface area contributed by atoms with Crippen molar-refractivity contribution in [3.63, 3.8) is 0 Å². The summed E-state index contributed by atoms with van der Waals surface area (Å²) in [6.45, 7) is 3.74. The van der Waals surface area contributed by atoms with Crippen LogP contribution in [0.15, 0.2) is 35.5 Å². The number of hydrogen-bond donors (Lipinski definition) is 1. The van der Waals surface area contributed by atoms with E-state index >= 15 is 0 Å². The first-order valence-corrected chi connectivity index (χ1v) is 4.86. The highest BCUT2D eigenvalue weighted by Crippen LogP contribution is 2.03. The average Bonchev–Trinajstić information content (AvgIpc) is 2.27. The van der Waals surface area contributed by atoms with Crippen molar-refractivity contribution >= 4 is 5.91 Å². The molecule has 0 spiro atoms. The molecule has 1 N–H and O–H groups in total. The number of carbonyl (C=O) groups is 1. The molecule has 0 aliphatic rings. The van der Waals surface area contributed by atoms with Gasteiger partial charge in [0.25, 0.3) is 5.91 Å². The Balaban J connectivity index is 4.79. The molecule has 15 heavy (non-hydrogen) atoms. The molecule has 80 valence electrons. The number of rotatable bonds is 4. The molecule has 0 atom stereocenters. The van der Waals surface area contributed by atoms with E-state index in [0.29, 0.717) is 11.1 Å². The summed E-state index contributed by atoms with van der Waals surface area (Å²) < 4.78 is 0. The van der Waals surface area contributed by atoms with Gasteiger partial charge in [0.05, 0.1) is 6.07 Å². The first-order chi connectivity index (χ1) is 7.19. The van der Waals surface area contributed by atoms with Crippen molar-refractivity contribution in [2.24, 2.45) is 0 Å². The molecule has 0 aromatic rings. The largest absolute Gasteiger partial charge is 0.355 e. The lowest BCUT2D eigenvalue weighted by Crippen LogP contribution is -2.19. The molecule has 0 saturated heterocycles. The molecule has 0 bridgehead atoms. The molecule has 0 unspecified atom stereocenters. The highest BCUT2D eigenvalue weighted by molar-refractivity contribution is 5.96. The van der Waals surface area contributed by atoms with Crippen molar-refractivity contribution in [3.8, 4) is 6.07 Å². The number of nitrogens with zero attached hydrogens (tertiary/aromatic N) is 1. The second kappa shape index (κ2) is 7.57. The lowest BCUT2D eigenvalue weighted by atomic mass is 10.1. The van der Waals surface area contributed by atoms with Gasteiger partial charge in [0.15, 0.2) is 0 Å². The molecule has 0 heterocycles. The van der Waals surface area contributed by atoms with Crippen molar-refractivity contribution in [2.45, 2.75) is 20.3 Å². The molecular formula is C12H16N2O. The maximum Gasteiger partial charge on any atom is 0.250 e. The van der Waals surface area contributed by atoms with Crippen molar-refractivity contribution in [3.05, 3.63) is 35.5 Å². The van der Waals surface area contributed by atoms with Gasteiger partial charge in [0.2, 0.25) is 0 Å². The maximum atomic E-state index is 11.4. The zero-order chi connectivity index (χ0) is 11.7. The van der Waals surface area contributed by atoms with Crippen molar-refractivity contribution in [1.82, 2.24) is 5.32 Å². The summed E-state index contributed by atoms with van der Waals surface area (Å²) in [5.74, 6) is -0.138. The summed E-state index contributed by atoms with van der Waals surface area (Å²) in [4.78, 5) is 11.4. The fraction of sp³-hybridized carbons (Fsp3) is 0.333. The Hall–Kier alpha value is -1.82. The van der Waals surface area contributed by atoms with E-state index in [9.17, 15) is 4.79 Å². The minimum Gasteiger partial charge on any atom is -0.355 e. The topological polar surface area (TPSA) is 52.9 Å². The summed E-state index contributed by atoms with van der Waals surface area (Å²) in [6, 6.07) is 2.02. The number of amides is 1. The minimum absolute atomic E-state index is 0.138. The van der Waals surface area contributed by atoms with Gasteiger partial charge in [-0.3, -0.25) is 4.79 Å². The number of carbonyl (C=O) groups excluding carboxylic acids is 1. The van der Waals surface area contributed by atoms with Gasteiger partial charge >= 0.3 is 0 Å². The predicted octanol–water partition coefficient (Wildman–Crippen LogP) is 2.09. The molecule has 0 rings (SSSR count). The Morgan fingerprint density at radius 1 is 1.47 bits per heavy atom. The monoisotopic (exact) mass is 204 g/mol. The lowest BCUT2D eigenvalue weighted by molar-refractivity contribution is -0.116. The lowest BCUT2D eigenvalue weighted by Gasteiger charge is -1.99. The highest BCUT2D eigenvalue weighted by atomic mass is 16.1. The quantitative estimate of drug-likeness (QED) is 0.433. The molecule has 0 radical (unpaired) electrons. The van der Waals surface area contributed by atoms with Crippen LogP contribution >= 0.6 is 0 Å². The average molecular weight is 204 g/mol. The summed E-state index contributed by atoms with van der Waals surface area (Å²) in [6.07, 6.45) is 7.59. The molecule has 0 aliphatic heterocycles. The van der Waals surface area contributed by atoms with Crippen LogP contribution in [0.2, 0.25) is 0 Å². The third-order valence-corrected chi connectivity index (χ3v) is 1.80. The molecular weight excluding hydrogens is 188 g/mol. The van der Waals surface area contributed by atoms with Crippen LogP contribution in [0.25, 0.3) is 0 Å². The van der Waals surface area contributed by atoms with Gasteiger partial charge in [-0.25, -0.2) is 0 Å². The molecule has 1 amide bonds. The Morgan fingerprint density at radius 2 is 2.13 bits per heavy atom. The fourth-order valence-corrected chi connectivity index (χ4v) is 0.978. The SMILES string of the molecule is C\C=C(C#N)/C=C\C(=C\CC)C(=O)NC. The third-order valence-electron chi connectivity index (χ3n) is 1.80. The maximum absolute atomic E-state index is 11.4. The second-order valence-corrected chi connectivity index (χ2v) is 2.84. The molecule has 0 fully saturated rings. The van der Waals surface area contributed by atoms with Crippen molar-refractivity contribution in [2.75, 3.05) is 7.05 Å². The summed E-state index contributed by atoms with van der Waals surface area (Å²) in [5, 5.41) is 11.2. The Morgan fingerprint density at radius 3 is 2.53 bits per heavy atom. The van der Waals surface area contributed by atoms with Crippen LogP contribution in [-0.2, 0) is 4.79 Å². The van der Waals surface area contributed by atoms with Crippen LogP contribution in [0, 0.1) is 11.3 Å². The van der Waals surface area contributed by atoms with Crippen LogP contribution in [0.5, 0.6) is 0 Å². The molecule has 0 aromatic heterocycles. The van der Waals surface area contributed by atoms with Gasteiger partial charge in [-0.2, -0.15) is 5.26 Å². The number of allylic oxidation sites excluding steroid dienone is 4. The van der Waals surface area contributed by atoms with Gasteiger partial charge < -0.3 is 5.32 Å². The van der Waals surface area contributed by atoms with E-state index in [4.69, 9.17) is 5.26 Å².